The summed E-state index contributed by atoms with van der Waals surface area (Å²) in [6.07, 6.45) is 4.16. The lowest BCUT2D eigenvalue weighted by Crippen LogP contribution is -2.45. The van der Waals surface area contributed by atoms with Gasteiger partial charge in [0, 0.05) is 6.54 Å². The summed E-state index contributed by atoms with van der Waals surface area (Å²) in [5.41, 5.74) is 1.08. The van der Waals surface area contributed by atoms with Crippen LogP contribution < -0.4 is 0 Å². The van der Waals surface area contributed by atoms with Gasteiger partial charge >= 0.3 is 0 Å². The molecule has 0 radical (unpaired) electrons. The molecule has 0 N–H and O–H groups in total. The Bertz CT molecular complexity index is 496. The number of thiophene rings is 1. The zero-order valence-corrected chi connectivity index (χ0v) is 12.0. The molecule has 3 atom stereocenters. The number of piperidine rings is 1. The molecule has 1 aromatic heterocycles. The lowest BCUT2D eigenvalue weighted by Gasteiger charge is -2.33. The molecule has 1 saturated heterocycles. The van der Waals surface area contributed by atoms with E-state index in [0.29, 0.717) is 12.5 Å². The van der Waals surface area contributed by atoms with Crippen LogP contribution in [-0.2, 0) is 4.74 Å². The van der Waals surface area contributed by atoms with E-state index in [1.807, 2.05) is 23.3 Å². The topological polar surface area (TPSA) is 29.5 Å². The number of fused-ring (bicyclic) bond motifs is 2. The predicted molar refractivity (Wildman–Crippen MR) is 76.5 cm³/mol. The monoisotopic (exact) mass is 277 g/mol. The summed E-state index contributed by atoms with van der Waals surface area (Å²) >= 11 is 1.54. The Labute approximate surface area is 117 Å². The minimum absolute atomic E-state index is 0.187. The normalized spacial score (nSPS) is 28.9. The molecule has 3 rings (SSSR count). The lowest BCUT2D eigenvalue weighted by molar-refractivity contribution is 0.00485. The molecule has 19 heavy (non-hydrogen) atoms. The first-order valence-electron chi connectivity index (χ1n) is 6.78. The zero-order chi connectivity index (χ0) is 13.4. The average molecular weight is 277 g/mol. The van der Waals surface area contributed by atoms with Crippen molar-refractivity contribution in [2.45, 2.75) is 31.9 Å². The molecule has 102 valence electrons. The van der Waals surface area contributed by atoms with Gasteiger partial charge in [-0.3, -0.25) is 4.79 Å². The van der Waals surface area contributed by atoms with Gasteiger partial charge in [-0.25, -0.2) is 0 Å². The largest absolute Gasteiger partial charge is 0.372 e. The number of aryl methyl sites for hydroxylation is 1. The number of carbonyl (C=O) groups excluding carboxylic acids is 1. The Morgan fingerprint density at radius 2 is 2.47 bits per heavy atom. The Morgan fingerprint density at radius 3 is 3.11 bits per heavy atom. The van der Waals surface area contributed by atoms with Crippen LogP contribution in [0.4, 0.5) is 0 Å². The van der Waals surface area contributed by atoms with E-state index in [2.05, 4.69) is 6.58 Å². The van der Waals surface area contributed by atoms with E-state index in [1.165, 1.54) is 0 Å². The highest BCUT2D eigenvalue weighted by molar-refractivity contribution is 7.12. The van der Waals surface area contributed by atoms with Crippen molar-refractivity contribution < 1.29 is 9.53 Å². The molecule has 1 aromatic rings. The van der Waals surface area contributed by atoms with Crippen molar-refractivity contribution in [1.29, 1.82) is 0 Å². The van der Waals surface area contributed by atoms with E-state index in [9.17, 15) is 4.79 Å². The summed E-state index contributed by atoms with van der Waals surface area (Å²) in [6.45, 7) is 7.16. The summed E-state index contributed by atoms with van der Waals surface area (Å²) < 4.78 is 5.81. The summed E-state index contributed by atoms with van der Waals surface area (Å²) in [5, 5.41) is 1.99. The highest BCUT2D eigenvalue weighted by Gasteiger charge is 2.47. The third kappa shape index (κ3) is 2.23. The van der Waals surface area contributed by atoms with Gasteiger partial charge in [-0.05, 0) is 42.7 Å². The molecule has 0 aromatic carbocycles. The second-order valence-electron chi connectivity index (χ2n) is 5.46. The first-order chi connectivity index (χ1) is 9.20. The van der Waals surface area contributed by atoms with Gasteiger partial charge in [0.15, 0.2) is 0 Å². The van der Waals surface area contributed by atoms with Crippen LogP contribution in [-0.4, -0.2) is 36.1 Å². The van der Waals surface area contributed by atoms with E-state index in [1.54, 1.807) is 17.4 Å². The highest BCUT2D eigenvalue weighted by Crippen LogP contribution is 2.40. The van der Waals surface area contributed by atoms with E-state index in [-0.39, 0.29) is 18.1 Å². The quantitative estimate of drug-likeness (QED) is 0.792. The van der Waals surface area contributed by atoms with Crippen LogP contribution in [0.2, 0.25) is 0 Å². The molecule has 2 bridgehead atoms. The lowest BCUT2D eigenvalue weighted by atomic mass is 10.1. The van der Waals surface area contributed by atoms with Crippen LogP contribution in [0.1, 0.15) is 28.1 Å². The van der Waals surface area contributed by atoms with Gasteiger partial charge in [0.2, 0.25) is 0 Å². The van der Waals surface area contributed by atoms with Crippen LogP contribution in [0.25, 0.3) is 0 Å². The number of amides is 1. The van der Waals surface area contributed by atoms with Gasteiger partial charge in [-0.15, -0.1) is 17.9 Å². The first-order valence-corrected chi connectivity index (χ1v) is 7.66. The Kier molecular flexibility index (Phi) is 3.46. The minimum atomic E-state index is 0.187. The Hall–Kier alpha value is -1.13. The van der Waals surface area contributed by atoms with Gasteiger partial charge in [-0.2, -0.15) is 0 Å². The summed E-state index contributed by atoms with van der Waals surface area (Å²) in [5.74, 6) is 0.802. The molecule has 1 aliphatic carbocycles. The number of rotatable bonds is 4. The number of hydrogen-bond donors (Lipinski definition) is 0. The van der Waals surface area contributed by atoms with Gasteiger partial charge in [0.1, 0.15) is 0 Å². The molecule has 2 fully saturated rings. The van der Waals surface area contributed by atoms with Crippen molar-refractivity contribution in [3.8, 4) is 0 Å². The molecule has 3 nitrogen and oxygen atoms in total. The van der Waals surface area contributed by atoms with E-state index < -0.39 is 0 Å². The van der Waals surface area contributed by atoms with Crippen molar-refractivity contribution in [3.63, 3.8) is 0 Å². The molecule has 1 saturated carbocycles. The van der Waals surface area contributed by atoms with Crippen LogP contribution in [0.15, 0.2) is 24.1 Å². The van der Waals surface area contributed by atoms with Crippen molar-refractivity contribution >= 4 is 17.2 Å². The average Bonchev–Trinajstić information content (AvgIpc) is 3.09. The Balaban J connectivity index is 1.74. The second kappa shape index (κ2) is 5.10. The summed E-state index contributed by atoms with van der Waals surface area (Å²) in [6, 6.07) is 2.27. The van der Waals surface area contributed by atoms with Gasteiger partial charge in [0.25, 0.3) is 5.91 Å². The molecule has 4 heteroatoms. The molecule has 1 aliphatic heterocycles. The molecule has 2 heterocycles. The smallest absolute Gasteiger partial charge is 0.264 e. The fraction of sp³-hybridized carbons (Fsp3) is 0.533. The van der Waals surface area contributed by atoms with Crippen molar-refractivity contribution in [3.05, 3.63) is 34.5 Å². The molecule has 2 aliphatic rings. The van der Waals surface area contributed by atoms with Gasteiger partial charge in [0.05, 0.1) is 23.6 Å². The van der Waals surface area contributed by atoms with Crippen LogP contribution >= 0.6 is 11.3 Å². The number of likely N-dealkylation sites (tertiary alicyclic amines) is 1. The summed E-state index contributed by atoms with van der Waals surface area (Å²) in [4.78, 5) is 15.5. The van der Waals surface area contributed by atoms with Crippen molar-refractivity contribution in [2.75, 3.05) is 13.2 Å². The maximum absolute atomic E-state index is 12.6. The SMILES string of the molecule is C=CCOC1CC2CC1N(C(=O)c1sccc1C)C2. The predicted octanol–water partition coefficient (Wildman–Crippen LogP) is 2.86. The fourth-order valence-corrected chi connectivity index (χ4v) is 4.17. The first kappa shape index (κ1) is 12.9. The minimum Gasteiger partial charge on any atom is -0.372 e. The van der Waals surface area contributed by atoms with Gasteiger partial charge in [-0.1, -0.05) is 6.08 Å². The summed E-state index contributed by atoms with van der Waals surface area (Å²) in [7, 11) is 0. The number of carbonyl (C=O) groups is 1. The van der Waals surface area contributed by atoms with Crippen LogP contribution in [0, 0.1) is 12.8 Å². The van der Waals surface area contributed by atoms with E-state index in [0.717, 1.165) is 29.8 Å². The Morgan fingerprint density at radius 1 is 1.63 bits per heavy atom. The molecule has 0 spiro atoms. The van der Waals surface area contributed by atoms with Crippen molar-refractivity contribution in [1.82, 2.24) is 4.90 Å². The maximum atomic E-state index is 12.6. The van der Waals surface area contributed by atoms with Crippen molar-refractivity contribution in [2.24, 2.45) is 5.92 Å². The molecule has 3 unspecified atom stereocenters. The standard InChI is InChI=1S/C15H19NO2S/c1-3-5-18-13-8-11-7-12(13)16(9-11)15(17)14-10(2)4-6-19-14/h3-4,6,11-13H,1,5,7-9H2,2H3. The second-order valence-corrected chi connectivity index (χ2v) is 6.37. The molecular weight excluding hydrogens is 258 g/mol. The van der Waals surface area contributed by atoms with Crippen LogP contribution in [0.5, 0.6) is 0 Å². The van der Waals surface area contributed by atoms with E-state index in [4.69, 9.17) is 4.74 Å². The number of hydrogen-bond acceptors (Lipinski definition) is 3. The maximum Gasteiger partial charge on any atom is 0.264 e. The molecular formula is C15H19NO2S. The zero-order valence-electron chi connectivity index (χ0n) is 11.2. The van der Waals surface area contributed by atoms with Crippen LogP contribution in [0.3, 0.4) is 0 Å². The fourth-order valence-electron chi connectivity index (χ4n) is 3.29. The van der Waals surface area contributed by atoms with Gasteiger partial charge < -0.3 is 9.64 Å². The number of ether oxygens (including phenoxy) is 1. The third-order valence-corrected chi connectivity index (χ3v) is 5.17. The third-order valence-electron chi connectivity index (χ3n) is 4.17. The highest BCUT2D eigenvalue weighted by atomic mass is 32.1. The molecule has 1 amide bonds. The van der Waals surface area contributed by atoms with E-state index >= 15 is 0 Å². The number of nitrogens with zero attached hydrogens (tertiary/aromatic N) is 1.